The number of ether oxygens (including phenoxy) is 1. The van der Waals surface area contributed by atoms with Gasteiger partial charge < -0.3 is 9.64 Å². The first kappa shape index (κ1) is 20.6. The highest BCUT2D eigenvalue weighted by Gasteiger charge is 2.30. The molecule has 1 saturated heterocycles. The highest BCUT2D eigenvalue weighted by Crippen LogP contribution is 2.21. The fraction of sp³-hybridized carbons (Fsp3) is 0.350. The number of halogens is 1. The fourth-order valence-electron chi connectivity index (χ4n) is 3.07. The van der Waals surface area contributed by atoms with Crippen LogP contribution in [0, 0.1) is 6.92 Å². The number of carbonyl (C=O) groups excluding carboxylic acids is 1. The Morgan fingerprint density at radius 1 is 1.07 bits per heavy atom. The molecule has 0 radical (unpaired) electrons. The molecule has 0 aliphatic carbocycles. The van der Waals surface area contributed by atoms with Gasteiger partial charge in [-0.3, -0.25) is 4.79 Å². The van der Waals surface area contributed by atoms with Crippen molar-refractivity contribution in [3.05, 3.63) is 59.1 Å². The molecule has 3 rings (SSSR count). The van der Waals surface area contributed by atoms with Crippen molar-refractivity contribution < 1.29 is 17.9 Å². The van der Waals surface area contributed by atoms with E-state index >= 15 is 0 Å². The van der Waals surface area contributed by atoms with E-state index in [4.69, 9.17) is 16.3 Å². The molecule has 1 aliphatic rings. The van der Waals surface area contributed by atoms with Gasteiger partial charge in [0.2, 0.25) is 15.9 Å². The van der Waals surface area contributed by atoms with E-state index in [1.807, 2.05) is 31.2 Å². The summed E-state index contributed by atoms with van der Waals surface area (Å²) >= 11 is 5.91. The topological polar surface area (TPSA) is 66.9 Å². The molecule has 0 spiro atoms. The predicted octanol–water partition coefficient (Wildman–Crippen LogP) is 2.95. The Morgan fingerprint density at radius 3 is 2.46 bits per heavy atom. The largest absolute Gasteiger partial charge is 0.493 e. The lowest BCUT2D eigenvalue weighted by atomic mass is 10.2. The molecule has 150 valence electrons. The van der Waals surface area contributed by atoms with Gasteiger partial charge in [0.05, 0.1) is 17.9 Å². The average molecular weight is 423 g/mol. The lowest BCUT2D eigenvalue weighted by Gasteiger charge is -2.34. The van der Waals surface area contributed by atoms with Gasteiger partial charge in [0, 0.05) is 31.2 Å². The molecule has 8 heteroatoms. The summed E-state index contributed by atoms with van der Waals surface area (Å²) in [6, 6.07) is 13.9. The summed E-state index contributed by atoms with van der Waals surface area (Å²) in [5, 5.41) is 0.378. The number of rotatable bonds is 6. The molecule has 0 unspecified atom stereocenters. The summed E-state index contributed by atoms with van der Waals surface area (Å²) in [5.74, 6) is 0.706. The second kappa shape index (κ2) is 8.94. The summed E-state index contributed by atoms with van der Waals surface area (Å²) in [5.41, 5.74) is 1.10. The smallest absolute Gasteiger partial charge is 0.243 e. The zero-order valence-electron chi connectivity index (χ0n) is 15.7. The molecular formula is C20H23ClN2O4S. The van der Waals surface area contributed by atoms with Crippen LogP contribution in [-0.4, -0.2) is 56.3 Å². The summed E-state index contributed by atoms with van der Waals surface area (Å²) in [6.45, 7) is 3.53. The quantitative estimate of drug-likeness (QED) is 0.717. The van der Waals surface area contributed by atoms with Crippen molar-refractivity contribution in [2.24, 2.45) is 0 Å². The van der Waals surface area contributed by atoms with E-state index in [1.54, 1.807) is 17.0 Å². The summed E-state index contributed by atoms with van der Waals surface area (Å²) < 4.78 is 32.5. The van der Waals surface area contributed by atoms with E-state index < -0.39 is 10.0 Å². The molecule has 0 aromatic heterocycles. The lowest BCUT2D eigenvalue weighted by molar-refractivity contribution is -0.132. The molecule has 1 heterocycles. The van der Waals surface area contributed by atoms with Gasteiger partial charge >= 0.3 is 0 Å². The van der Waals surface area contributed by atoms with E-state index in [0.29, 0.717) is 24.7 Å². The van der Waals surface area contributed by atoms with Crippen LogP contribution in [0.1, 0.15) is 12.0 Å². The predicted molar refractivity (Wildman–Crippen MR) is 108 cm³/mol. The third-order valence-electron chi connectivity index (χ3n) is 4.60. The number of sulfonamides is 1. The van der Waals surface area contributed by atoms with Crippen molar-refractivity contribution in [1.29, 1.82) is 0 Å². The molecule has 2 aromatic rings. The molecule has 0 bridgehead atoms. The van der Waals surface area contributed by atoms with Gasteiger partial charge in [0.25, 0.3) is 0 Å². The van der Waals surface area contributed by atoms with Crippen LogP contribution in [-0.2, 0) is 14.8 Å². The van der Waals surface area contributed by atoms with Crippen molar-refractivity contribution >= 4 is 27.5 Å². The first-order chi connectivity index (χ1) is 13.4. The van der Waals surface area contributed by atoms with Gasteiger partial charge in [-0.05, 0) is 42.8 Å². The van der Waals surface area contributed by atoms with E-state index in [1.165, 1.54) is 16.4 Å². The highest BCUT2D eigenvalue weighted by atomic mass is 35.5. The SMILES string of the molecule is Cc1cccc(OCCC(=O)N2CCN(S(=O)(=O)c3cccc(Cl)c3)CC2)c1. The zero-order chi connectivity index (χ0) is 20.1. The molecule has 1 fully saturated rings. The first-order valence-corrected chi connectivity index (χ1v) is 10.9. The summed E-state index contributed by atoms with van der Waals surface area (Å²) in [7, 11) is -3.60. The fourth-order valence-corrected chi connectivity index (χ4v) is 4.80. The van der Waals surface area contributed by atoms with Crippen LogP contribution < -0.4 is 4.74 Å². The Morgan fingerprint density at radius 2 is 1.79 bits per heavy atom. The molecule has 6 nitrogen and oxygen atoms in total. The summed E-state index contributed by atoms with van der Waals surface area (Å²) in [4.78, 5) is 14.2. The number of benzene rings is 2. The van der Waals surface area contributed by atoms with Gasteiger partial charge in [-0.1, -0.05) is 29.8 Å². The van der Waals surface area contributed by atoms with Crippen LogP contribution in [0.15, 0.2) is 53.4 Å². The Hall–Kier alpha value is -2.09. The number of carbonyl (C=O) groups is 1. The number of aryl methyl sites for hydroxylation is 1. The molecular weight excluding hydrogens is 400 g/mol. The minimum Gasteiger partial charge on any atom is -0.493 e. The summed E-state index contributed by atoms with van der Waals surface area (Å²) in [6.07, 6.45) is 0.259. The molecule has 0 saturated carbocycles. The van der Waals surface area contributed by atoms with Crippen LogP contribution in [0.4, 0.5) is 0 Å². The van der Waals surface area contributed by atoms with Crippen LogP contribution in [0.25, 0.3) is 0 Å². The second-order valence-electron chi connectivity index (χ2n) is 6.66. The van der Waals surface area contributed by atoms with Crippen molar-refractivity contribution in [1.82, 2.24) is 9.21 Å². The molecule has 1 amide bonds. The van der Waals surface area contributed by atoms with Crippen molar-refractivity contribution in [3.63, 3.8) is 0 Å². The minimum absolute atomic E-state index is 0.0348. The van der Waals surface area contributed by atoms with Crippen molar-refractivity contribution in [3.8, 4) is 5.75 Å². The zero-order valence-corrected chi connectivity index (χ0v) is 17.2. The Balaban J connectivity index is 1.50. The van der Waals surface area contributed by atoms with E-state index in [0.717, 1.165) is 11.3 Å². The van der Waals surface area contributed by atoms with Gasteiger partial charge in [-0.15, -0.1) is 0 Å². The number of piperazine rings is 1. The highest BCUT2D eigenvalue weighted by molar-refractivity contribution is 7.89. The second-order valence-corrected chi connectivity index (χ2v) is 9.03. The lowest BCUT2D eigenvalue weighted by Crippen LogP contribution is -2.50. The third kappa shape index (κ3) is 5.04. The minimum atomic E-state index is -3.60. The van der Waals surface area contributed by atoms with Crippen molar-refractivity contribution in [2.45, 2.75) is 18.2 Å². The van der Waals surface area contributed by atoms with E-state index in [9.17, 15) is 13.2 Å². The maximum Gasteiger partial charge on any atom is 0.243 e. The first-order valence-electron chi connectivity index (χ1n) is 9.09. The van der Waals surface area contributed by atoms with Crippen molar-refractivity contribution in [2.75, 3.05) is 32.8 Å². The molecule has 0 N–H and O–H groups in total. The number of hydrogen-bond donors (Lipinski definition) is 0. The Bertz CT molecular complexity index is 941. The Labute approximate surface area is 170 Å². The van der Waals surface area contributed by atoms with Crippen LogP contribution in [0.3, 0.4) is 0 Å². The van der Waals surface area contributed by atoms with Gasteiger partial charge in [0.15, 0.2) is 0 Å². The van der Waals surface area contributed by atoms with Crippen LogP contribution >= 0.6 is 11.6 Å². The molecule has 0 atom stereocenters. The molecule has 1 aliphatic heterocycles. The maximum atomic E-state index is 12.7. The van der Waals surface area contributed by atoms with E-state index in [-0.39, 0.29) is 30.3 Å². The monoisotopic (exact) mass is 422 g/mol. The molecule has 28 heavy (non-hydrogen) atoms. The maximum absolute atomic E-state index is 12.7. The normalized spacial score (nSPS) is 15.4. The van der Waals surface area contributed by atoms with Gasteiger partial charge in [-0.2, -0.15) is 4.31 Å². The Kier molecular flexibility index (Phi) is 6.59. The van der Waals surface area contributed by atoms with E-state index in [2.05, 4.69) is 0 Å². The van der Waals surface area contributed by atoms with Gasteiger partial charge in [-0.25, -0.2) is 8.42 Å². The standard InChI is InChI=1S/C20H23ClN2O4S/c1-16-4-2-6-18(14-16)27-13-8-20(24)22-9-11-23(12-10-22)28(25,26)19-7-3-5-17(21)15-19/h2-7,14-15H,8-13H2,1H3. The van der Waals surface area contributed by atoms with Gasteiger partial charge in [0.1, 0.15) is 5.75 Å². The van der Waals surface area contributed by atoms with Crippen LogP contribution in [0.2, 0.25) is 5.02 Å². The number of hydrogen-bond acceptors (Lipinski definition) is 4. The molecule has 2 aromatic carbocycles. The average Bonchev–Trinajstić information content (AvgIpc) is 2.68. The third-order valence-corrected chi connectivity index (χ3v) is 6.73. The van der Waals surface area contributed by atoms with Crippen LogP contribution in [0.5, 0.6) is 5.75 Å². The number of amides is 1. The number of nitrogens with zero attached hydrogens (tertiary/aromatic N) is 2.